The summed E-state index contributed by atoms with van der Waals surface area (Å²) < 4.78 is 0. The normalized spacial score (nSPS) is 13.3. The third-order valence-electron chi connectivity index (χ3n) is 2.41. The molecule has 0 aromatic carbocycles. The lowest BCUT2D eigenvalue weighted by Crippen LogP contribution is -2.16. The van der Waals surface area contributed by atoms with Crippen molar-refractivity contribution < 1.29 is 0 Å². The quantitative estimate of drug-likeness (QED) is 0.913. The fourth-order valence-electron chi connectivity index (χ4n) is 1.32. The third-order valence-corrected chi connectivity index (χ3v) is 4.13. The van der Waals surface area contributed by atoms with E-state index in [4.69, 9.17) is 5.73 Å². The van der Waals surface area contributed by atoms with Gasteiger partial charge in [-0.15, -0.1) is 22.7 Å². The lowest BCUT2D eigenvalue weighted by molar-refractivity contribution is 0.512. The second kappa shape index (κ2) is 4.61. The van der Waals surface area contributed by atoms with Crippen LogP contribution in [-0.2, 0) is 0 Å². The first kappa shape index (κ1) is 11.7. The van der Waals surface area contributed by atoms with Gasteiger partial charge in [0.1, 0.15) is 16.4 Å². The maximum atomic E-state index is 6.06. The Morgan fingerprint density at radius 3 is 2.31 bits per heavy atom. The molecule has 5 heteroatoms. The predicted molar refractivity (Wildman–Crippen MR) is 69.7 cm³/mol. The van der Waals surface area contributed by atoms with Gasteiger partial charge >= 0.3 is 0 Å². The topological polar surface area (TPSA) is 51.8 Å². The van der Waals surface area contributed by atoms with E-state index >= 15 is 0 Å². The summed E-state index contributed by atoms with van der Waals surface area (Å²) >= 11 is 3.26. The van der Waals surface area contributed by atoms with Crippen LogP contribution in [0.3, 0.4) is 0 Å². The molecule has 3 nitrogen and oxygen atoms in total. The highest BCUT2D eigenvalue weighted by atomic mass is 32.1. The summed E-state index contributed by atoms with van der Waals surface area (Å²) in [5.74, 6) is 0.413. The van der Waals surface area contributed by atoms with Crippen molar-refractivity contribution in [1.29, 1.82) is 0 Å². The van der Waals surface area contributed by atoms with Gasteiger partial charge in [0.2, 0.25) is 0 Å². The van der Waals surface area contributed by atoms with Gasteiger partial charge in [0.05, 0.1) is 11.0 Å². The largest absolute Gasteiger partial charge is 0.322 e. The van der Waals surface area contributed by atoms with Crippen LogP contribution in [0.15, 0.2) is 10.8 Å². The Kier molecular flexibility index (Phi) is 3.37. The van der Waals surface area contributed by atoms with Crippen LogP contribution in [0.1, 0.15) is 29.9 Å². The molecule has 0 saturated carbocycles. The molecule has 0 saturated heterocycles. The molecule has 2 rings (SSSR count). The summed E-state index contributed by atoms with van der Waals surface area (Å²) in [7, 11) is 0. The van der Waals surface area contributed by atoms with Crippen molar-refractivity contribution in [2.75, 3.05) is 0 Å². The molecule has 0 spiro atoms. The minimum Gasteiger partial charge on any atom is -0.322 e. The van der Waals surface area contributed by atoms with E-state index in [0.717, 1.165) is 21.4 Å². The molecule has 0 aliphatic carbocycles. The van der Waals surface area contributed by atoms with Crippen LogP contribution in [0.4, 0.5) is 0 Å². The highest BCUT2D eigenvalue weighted by Crippen LogP contribution is 2.28. The zero-order chi connectivity index (χ0) is 11.7. The Hall–Kier alpha value is -0.780. The van der Waals surface area contributed by atoms with Gasteiger partial charge in [-0.1, -0.05) is 13.8 Å². The van der Waals surface area contributed by atoms with Crippen LogP contribution in [0, 0.1) is 12.8 Å². The van der Waals surface area contributed by atoms with Gasteiger partial charge in [-0.2, -0.15) is 0 Å². The molecule has 2 aromatic heterocycles. The lowest BCUT2D eigenvalue weighted by Gasteiger charge is -2.11. The van der Waals surface area contributed by atoms with Crippen LogP contribution in [0.25, 0.3) is 11.4 Å². The molecule has 2 heterocycles. The van der Waals surface area contributed by atoms with Crippen molar-refractivity contribution in [2.45, 2.75) is 26.8 Å². The standard InChI is InChI=1S/C11H15N3S2/c1-6(2)10(12)11-14-9(5-16-11)8-4-15-7(3)13-8/h4-6,10H,12H2,1-3H3. The number of nitrogens with zero attached hydrogens (tertiary/aromatic N) is 2. The second-order valence-corrected chi connectivity index (χ2v) is 6.04. The Morgan fingerprint density at radius 2 is 1.75 bits per heavy atom. The molecule has 1 unspecified atom stereocenters. The maximum Gasteiger partial charge on any atom is 0.110 e. The van der Waals surface area contributed by atoms with Crippen molar-refractivity contribution in [3.8, 4) is 11.4 Å². The Labute approximate surface area is 103 Å². The first-order chi connectivity index (χ1) is 7.58. The third kappa shape index (κ3) is 2.31. The summed E-state index contributed by atoms with van der Waals surface area (Å²) in [6.07, 6.45) is 0. The van der Waals surface area contributed by atoms with Crippen LogP contribution in [-0.4, -0.2) is 9.97 Å². The SMILES string of the molecule is Cc1nc(-c2csc(C(N)C(C)C)n2)cs1. The Balaban J connectivity index is 2.26. The van der Waals surface area contributed by atoms with Gasteiger partial charge in [0.15, 0.2) is 0 Å². The minimum absolute atomic E-state index is 0.0264. The number of hydrogen-bond donors (Lipinski definition) is 1. The molecule has 0 aliphatic rings. The van der Waals surface area contributed by atoms with E-state index in [1.807, 2.05) is 17.7 Å². The zero-order valence-electron chi connectivity index (χ0n) is 9.60. The molecule has 0 radical (unpaired) electrons. The van der Waals surface area contributed by atoms with Gasteiger partial charge in [-0.3, -0.25) is 0 Å². The second-order valence-electron chi connectivity index (χ2n) is 4.09. The number of nitrogens with two attached hydrogens (primary N) is 1. The molecule has 0 aliphatic heterocycles. The highest BCUT2D eigenvalue weighted by Gasteiger charge is 2.15. The summed E-state index contributed by atoms with van der Waals surface area (Å²) in [4.78, 5) is 8.97. The summed E-state index contributed by atoms with van der Waals surface area (Å²) in [5, 5.41) is 6.13. The molecule has 1 atom stereocenters. The van der Waals surface area contributed by atoms with E-state index in [1.165, 1.54) is 0 Å². The minimum atomic E-state index is 0.0264. The van der Waals surface area contributed by atoms with Crippen molar-refractivity contribution in [2.24, 2.45) is 11.7 Å². The van der Waals surface area contributed by atoms with Crippen molar-refractivity contribution in [3.05, 3.63) is 20.8 Å². The monoisotopic (exact) mass is 253 g/mol. The van der Waals surface area contributed by atoms with E-state index in [9.17, 15) is 0 Å². The molecule has 0 fully saturated rings. The van der Waals surface area contributed by atoms with E-state index in [2.05, 4.69) is 23.8 Å². The number of hydrogen-bond acceptors (Lipinski definition) is 5. The van der Waals surface area contributed by atoms with Crippen molar-refractivity contribution in [1.82, 2.24) is 9.97 Å². The van der Waals surface area contributed by atoms with Crippen LogP contribution >= 0.6 is 22.7 Å². The number of thiazole rings is 2. The molecule has 0 amide bonds. The molecule has 2 aromatic rings. The van der Waals surface area contributed by atoms with E-state index in [-0.39, 0.29) is 6.04 Å². The van der Waals surface area contributed by atoms with Gasteiger partial charge in [-0.25, -0.2) is 9.97 Å². The summed E-state index contributed by atoms with van der Waals surface area (Å²) in [5.41, 5.74) is 7.97. The molecular formula is C11H15N3S2. The van der Waals surface area contributed by atoms with Crippen molar-refractivity contribution >= 4 is 22.7 Å². The first-order valence-electron chi connectivity index (χ1n) is 5.21. The van der Waals surface area contributed by atoms with Crippen LogP contribution in [0.5, 0.6) is 0 Å². The smallest absolute Gasteiger partial charge is 0.110 e. The van der Waals surface area contributed by atoms with E-state index < -0.39 is 0 Å². The summed E-state index contributed by atoms with van der Waals surface area (Å²) in [6.45, 7) is 6.22. The van der Waals surface area contributed by atoms with Crippen molar-refractivity contribution in [3.63, 3.8) is 0 Å². The zero-order valence-corrected chi connectivity index (χ0v) is 11.2. The highest BCUT2D eigenvalue weighted by molar-refractivity contribution is 7.10. The average Bonchev–Trinajstić information content (AvgIpc) is 2.84. The van der Waals surface area contributed by atoms with Gasteiger partial charge in [-0.05, 0) is 12.8 Å². The maximum absolute atomic E-state index is 6.06. The molecule has 0 bridgehead atoms. The Bertz CT molecular complexity index is 473. The summed E-state index contributed by atoms with van der Waals surface area (Å²) in [6, 6.07) is 0.0264. The van der Waals surface area contributed by atoms with Crippen LogP contribution in [0.2, 0.25) is 0 Å². The first-order valence-corrected chi connectivity index (χ1v) is 6.97. The fraction of sp³-hybridized carbons (Fsp3) is 0.455. The average molecular weight is 253 g/mol. The predicted octanol–water partition coefficient (Wildman–Crippen LogP) is 3.23. The van der Waals surface area contributed by atoms with Gasteiger partial charge < -0.3 is 5.73 Å². The number of aromatic nitrogens is 2. The molecule has 16 heavy (non-hydrogen) atoms. The lowest BCUT2D eigenvalue weighted by atomic mass is 10.1. The molecule has 86 valence electrons. The number of rotatable bonds is 3. The number of aryl methyl sites for hydroxylation is 1. The van der Waals surface area contributed by atoms with Gasteiger partial charge in [0.25, 0.3) is 0 Å². The fourth-order valence-corrected chi connectivity index (χ4v) is 2.92. The van der Waals surface area contributed by atoms with E-state index in [0.29, 0.717) is 5.92 Å². The van der Waals surface area contributed by atoms with Crippen LogP contribution < -0.4 is 5.73 Å². The van der Waals surface area contributed by atoms with E-state index in [1.54, 1.807) is 22.7 Å². The molecule has 2 N–H and O–H groups in total. The Morgan fingerprint density at radius 1 is 1.12 bits per heavy atom. The molecular weight excluding hydrogens is 238 g/mol. The van der Waals surface area contributed by atoms with Gasteiger partial charge in [0, 0.05) is 10.8 Å².